The Morgan fingerprint density at radius 3 is 2.73 bits per heavy atom. The van der Waals surface area contributed by atoms with E-state index in [1.165, 1.54) is 6.08 Å². The number of sulfonamides is 1. The minimum absolute atomic E-state index is 0.394. The van der Waals surface area contributed by atoms with Crippen LogP contribution in [0.1, 0.15) is 45.1 Å². The molecular formula is C19H28N2O4S. The molecule has 0 saturated carbocycles. The second-order valence-electron chi connectivity index (χ2n) is 6.72. The zero-order valence-corrected chi connectivity index (χ0v) is 16.3. The summed E-state index contributed by atoms with van der Waals surface area (Å²) in [6, 6.07) is 6.61. The summed E-state index contributed by atoms with van der Waals surface area (Å²) in [7, 11) is -3.83. The van der Waals surface area contributed by atoms with Crippen molar-refractivity contribution in [2.24, 2.45) is 5.92 Å². The first-order chi connectivity index (χ1) is 12.4. The smallest absolute Gasteiger partial charge is 0.331 e. The lowest BCUT2D eigenvalue weighted by atomic mass is 10.0. The number of unbranched alkanes of at least 4 members (excludes halogenated alkanes) is 1. The van der Waals surface area contributed by atoms with Crippen LogP contribution in [0.2, 0.25) is 0 Å². The van der Waals surface area contributed by atoms with Crippen LogP contribution in [0.3, 0.4) is 0 Å². The number of ether oxygens (including phenoxy) is 1. The number of carbonyl (C=O) groups is 1. The van der Waals surface area contributed by atoms with E-state index in [4.69, 9.17) is 4.74 Å². The molecule has 1 fully saturated rings. The molecule has 1 heterocycles. The molecule has 1 atom stereocenters. The van der Waals surface area contributed by atoms with Crippen LogP contribution in [-0.2, 0) is 10.0 Å². The van der Waals surface area contributed by atoms with Gasteiger partial charge in [-0.15, -0.1) is 0 Å². The van der Waals surface area contributed by atoms with Crippen LogP contribution < -0.4 is 9.46 Å². The van der Waals surface area contributed by atoms with E-state index in [1.807, 2.05) is 0 Å². The molecule has 1 aromatic rings. The number of rotatable bonds is 7. The van der Waals surface area contributed by atoms with Gasteiger partial charge in [0.05, 0.1) is 12.0 Å². The molecule has 0 radical (unpaired) electrons. The van der Waals surface area contributed by atoms with Gasteiger partial charge in [0, 0.05) is 13.1 Å². The quantitative estimate of drug-likeness (QED) is 0.733. The highest BCUT2D eigenvalue weighted by atomic mass is 32.2. The molecule has 26 heavy (non-hydrogen) atoms. The number of nitrogens with one attached hydrogen (secondary N) is 1. The van der Waals surface area contributed by atoms with E-state index in [1.54, 1.807) is 29.2 Å². The van der Waals surface area contributed by atoms with Crippen LogP contribution in [0.15, 0.2) is 29.7 Å². The van der Waals surface area contributed by atoms with Gasteiger partial charge >= 0.3 is 6.03 Å². The van der Waals surface area contributed by atoms with Crippen LogP contribution in [0, 0.1) is 5.92 Å². The second kappa shape index (κ2) is 9.62. The molecule has 1 aliphatic heterocycles. The standard InChI is InChI=1S/C19H28N2O4S/c1-3-4-13-25-18-9-7-17(8-10-18)11-14-26(23,24)20-19(22)21-12-5-6-16(2)15-21/h7-11,14,16H,3-6,12-13,15H2,1-2H3,(H,20,22). The fraction of sp³-hybridized carbons (Fsp3) is 0.526. The highest BCUT2D eigenvalue weighted by molar-refractivity contribution is 7.93. The normalized spacial score (nSPS) is 18.1. The zero-order valence-electron chi connectivity index (χ0n) is 15.5. The van der Waals surface area contributed by atoms with Gasteiger partial charge in [-0.25, -0.2) is 17.9 Å². The van der Waals surface area contributed by atoms with E-state index < -0.39 is 16.1 Å². The molecule has 0 aromatic heterocycles. The van der Waals surface area contributed by atoms with E-state index >= 15 is 0 Å². The van der Waals surface area contributed by atoms with Gasteiger partial charge in [-0.3, -0.25) is 0 Å². The van der Waals surface area contributed by atoms with Gasteiger partial charge in [0.25, 0.3) is 10.0 Å². The fourth-order valence-corrected chi connectivity index (χ4v) is 3.55. The number of carbonyl (C=O) groups excluding carboxylic acids is 1. The lowest BCUT2D eigenvalue weighted by Crippen LogP contribution is -2.46. The Labute approximate surface area is 156 Å². The molecule has 1 saturated heterocycles. The van der Waals surface area contributed by atoms with Crippen LogP contribution in [0.25, 0.3) is 6.08 Å². The molecule has 144 valence electrons. The van der Waals surface area contributed by atoms with Gasteiger partial charge in [0.15, 0.2) is 0 Å². The number of piperidine rings is 1. The number of urea groups is 1. The van der Waals surface area contributed by atoms with Crippen LogP contribution in [-0.4, -0.2) is 39.0 Å². The molecular weight excluding hydrogens is 352 g/mol. The third-order valence-electron chi connectivity index (χ3n) is 4.26. The Hall–Kier alpha value is -2.02. The van der Waals surface area contributed by atoms with E-state index in [-0.39, 0.29) is 0 Å². The first-order valence-electron chi connectivity index (χ1n) is 9.12. The molecule has 1 aliphatic rings. The van der Waals surface area contributed by atoms with Gasteiger partial charge in [-0.1, -0.05) is 32.4 Å². The van der Waals surface area contributed by atoms with E-state index in [2.05, 4.69) is 18.6 Å². The van der Waals surface area contributed by atoms with Crippen molar-refractivity contribution in [2.45, 2.75) is 39.5 Å². The average molecular weight is 381 g/mol. The topological polar surface area (TPSA) is 75.7 Å². The van der Waals surface area contributed by atoms with Crippen LogP contribution in [0.5, 0.6) is 5.75 Å². The molecule has 7 heteroatoms. The monoisotopic (exact) mass is 380 g/mol. The molecule has 0 spiro atoms. The Morgan fingerprint density at radius 2 is 2.08 bits per heavy atom. The zero-order chi connectivity index (χ0) is 19.0. The summed E-state index contributed by atoms with van der Waals surface area (Å²) >= 11 is 0. The molecule has 2 rings (SSSR count). The number of amides is 2. The van der Waals surface area contributed by atoms with Gasteiger partial charge in [0.1, 0.15) is 5.75 Å². The second-order valence-corrected chi connectivity index (χ2v) is 8.29. The third-order valence-corrected chi connectivity index (χ3v) is 5.21. The van der Waals surface area contributed by atoms with E-state index in [9.17, 15) is 13.2 Å². The van der Waals surface area contributed by atoms with Crippen molar-refractivity contribution in [3.63, 3.8) is 0 Å². The summed E-state index contributed by atoms with van der Waals surface area (Å²) in [4.78, 5) is 13.7. The lowest BCUT2D eigenvalue weighted by molar-refractivity contribution is 0.175. The Kier molecular flexibility index (Phi) is 7.50. The summed E-state index contributed by atoms with van der Waals surface area (Å²) < 4.78 is 31.9. The molecule has 1 N–H and O–H groups in total. The van der Waals surface area contributed by atoms with Crippen LogP contribution >= 0.6 is 0 Å². The Balaban J connectivity index is 1.90. The van der Waals surface area contributed by atoms with E-state index in [0.717, 1.165) is 42.4 Å². The van der Waals surface area contributed by atoms with Crippen molar-refractivity contribution in [1.29, 1.82) is 0 Å². The number of hydrogen-bond donors (Lipinski definition) is 1. The van der Waals surface area contributed by atoms with Gasteiger partial charge in [0.2, 0.25) is 0 Å². The molecule has 2 amide bonds. The summed E-state index contributed by atoms with van der Waals surface area (Å²) in [6.07, 6.45) is 5.49. The predicted octanol–water partition coefficient (Wildman–Crippen LogP) is 3.61. The fourth-order valence-electron chi connectivity index (χ4n) is 2.77. The molecule has 1 aromatic carbocycles. The lowest BCUT2D eigenvalue weighted by Gasteiger charge is -2.30. The first kappa shape index (κ1) is 20.3. The van der Waals surface area contributed by atoms with Crippen molar-refractivity contribution in [1.82, 2.24) is 9.62 Å². The van der Waals surface area contributed by atoms with Crippen molar-refractivity contribution in [3.05, 3.63) is 35.2 Å². The molecule has 0 bridgehead atoms. The highest BCUT2D eigenvalue weighted by Gasteiger charge is 2.23. The molecule has 1 unspecified atom stereocenters. The third kappa shape index (κ3) is 6.71. The maximum atomic E-state index is 12.1. The Morgan fingerprint density at radius 1 is 1.35 bits per heavy atom. The SMILES string of the molecule is CCCCOc1ccc(C=CS(=O)(=O)NC(=O)N2CCCC(C)C2)cc1. The summed E-state index contributed by atoms with van der Waals surface area (Å²) in [5.41, 5.74) is 0.720. The van der Waals surface area contributed by atoms with E-state index in [0.29, 0.717) is 25.6 Å². The first-order valence-corrected chi connectivity index (χ1v) is 10.7. The van der Waals surface area contributed by atoms with Crippen LogP contribution in [0.4, 0.5) is 4.79 Å². The summed E-state index contributed by atoms with van der Waals surface area (Å²) in [5.74, 6) is 1.15. The van der Waals surface area contributed by atoms with Crippen molar-refractivity contribution in [3.8, 4) is 5.75 Å². The molecule has 0 aliphatic carbocycles. The van der Waals surface area contributed by atoms with Crippen molar-refractivity contribution < 1.29 is 17.9 Å². The van der Waals surface area contributed by atoms with Gasteiger partial charge in [-0.05, 0) is 49.0 Å². The number of hydrogen-bond acceptors (Lipinski definition) is 4. The van der Waals surface area contributed by atoms with Gasteiger partial charge < -0.3 is 9.64 Å². The highest BCUT2D eigenvalue weighted by Crippen LogP contribution is 2.16. The molecule has 6 nitrogen and oxygen atoms in total. The van der Waals surface area contributed by atoms with Crippen molar-refractivity contribution in [2.75, 3.05) is 19.7 Å². The summed E-state index contributed by atoms with van der Waals surface area (Å²) in [5, 5.41) is 1.02. The number of benzene rings is 1. The predicted molar refractivity (Wildman–Crippen MR) is 103 cm³/mol. The number of nitrogens with zero attached hydrogens (tertiary/aromatic N) is 1. The maximum Gasteiger partial charge on any atom is 0.331 e. The average Bonchev–Trinajstić information content (AvgIpc) is 2.61. The largest absolute Gasteiger partial charge is 0.494 e. The maximum absolute atomic E-state index is 12.1. The van der Waals surface area contributed by atoms with Crippen molar-refractivity contribution >= 4 is 22.1 Å². The minimum Gasteiger partial charge on any atom is -0.494 e. The van der Waals surface area contributed by atoms with Gasteiger partial charge in [-0.2, -0.15) is 0 Å². The minimum atomic E-state index is -3.83. The summed E-state index contributed by atoms with van der Waals surface area (Å²) in [6.45, 7) is 6.01. The Bertz CT molecular complexity index is 714. The number of likely N-dealkylation sites (tertiary alicyclic amines) is 1.